The number of hydrogen-bond donors (Lipinski definition) is 1. The smallest absolute Gasteiger partial charge is 0.139 e. The van der Waals surface area contributed by atoms with Crippen LogP contribution in [0, 0.1) is 5.92 Å². The van der Waals surface area contributed by atoms with Gasteiger partial charge in [0.15, 0.2) is 0 Å². The Bertz CT molecular complexity index is 434. The second-order valence-electron chi connectivity index (χ2n) is 5.70. The number of hydrogen-bond acceptors (Lipinski definition) is 2. The molecule has 2 rings (SSSR count). The molecule has 1 fully saturated rings. The first-order valence-electron chi connectivity index (χ1n) is 7.65. The molecule has 1 N–H and O–H groups in total. The molecule has 0 aromatic heterocycles. The zero-order chi connectivity index (χ0) is 15.1. The zero-order valence-electron chi connectivity index (χ0n) is 12.5. The van der Waals surface area contributed by atoms with Crippen LogP contribution in [0.5, 0.6) is 5.75 Å². The number of halogens is 2. The maximum Gasteiger partial charge on any atom is 0.139 e. The van der Waals surface area contributed by atoms with E-state index in [0.29, 0.717) is 29.0 Å². The van der Waals surface area contributed by atoms with Gasteiger partial charge in [-0.3, -0.25) is 0 Å². The average Bonchev–Trinajstić information content (AvgIpc) is 2.49. The van der Waals surface area contributed by atoms with Crippen LogP contribution in [0.1, 0.15) is 19.8 Å². The lowest BCUT2D eigenvalue weighted by atomic mass is 9.99. The van der Waals surface area contributed by atoms with E-state index in [2.05, 4.69) is 6.92 Å². The third kappa shape index (κ3) is 5.67. The molecule has 1 aliphatic heterocycles. The Hall–Kier alpha value is -0.480. The molecule has 0 radical (unpaired) electrons. The molecule has 3 nitrogen and oxygen atoms in total. The molecule has 5 heteroatoms. The van der Waals surface area contributed by atoms with Crippen molar-refractivity contribution in [1.82, 2.24) is 0 Å². The van der Waals surface area contributed by atoms with Crippen molar-refractivity contribution < 1.29 is 14.4 Å². The molecular formula is C16H24Cl2NO2+. The Labute approximate surface area is 137 Å². The molecule has 0 spiro atoms. The standard InChI is InChI=1S/C16H23Cl2NO2/c1-13-5-7-19(8-6-13)9-10-20-11-12-21-15-4-2-3-14(17)16(15)18/h2-4,13H,5-12H2,1H3/p+1. The fraction of sp³-hybridized carbons (Fsp3) is 0.625. The summed E-state index contributed by atoms with van der Waals surface area (Å²) in [5.74, 6) is 1.51. The van der Waals surface area contributed by atoms with E-state index in [1.807, 2.05) is 12.1 Å². The Morgan fingerprint density at radius 1 is 1.14 bits per heavy atom. The third-order valence-electron chi connectivity index (χ3n) is 3.98. The van der Waals surface area contributed by atoms with Crippen molar-refractivity contribution in [1.29, 1.82) is 0 Å². The lowest BCUT2D eigenvalue weighted by Crippen LogP contribution is -3.13. The van der Waals surface area contributed by atoms with Crippen molar-refractivity contribution in [2.24, 2.45) is 5.92 Å². The second-order valence-corrected chi connectivity index (χ2v) is 6.48. The summed E-state index contributed by atoms with van der Waals surface area (Å²) < 4.78 is 11.2. The largest absolute Gasteiger partial charge is 0.490 e. The van der Waals surface area contributed by atoms with E-state index in [-0.39, 0.29) is 0 Å². The molecule has 0 aliphatic carbocycles. The molecule has 118 valence electrons. The van der Waals surface area contributed by atoms with Gasteiger partial charge in [-0.05, 0) is 30.9 Å². The fourth-order valence-electron chi connectivity index (χ4n) is 2.54. The van der Waals surface area contributed by atoms with Gasteiger partial charge in [-0.2, -0.15) is 0 Å². The van der Waals surface area contributed by atoms with Gasteiger partial charge in [-0.1, -0.05) is 36.2 Å². The van der Waals surface area contributed by atoms with Gasteiger partial charge in [0.1, 0.15) is 23.9 Å². The minimum Gasteiger partial charge on any atom is -0.490 e. The van der Waals surface area contributed by atoms with Crippen LogP contribution in [0.4, 0.5) is 0 Å². The summed E-state index contributed by atoms with van der Waals surface area (Å²) in [5.41, 5.74) is 0. The predicted molar refractivity (Wildman–Crippen MR) is 86.7 cm³/mol. The number of rotatable bonds is 7. The van der Waals surface area contributed by atoms with E-state index in [0.717, 1.165) is 19.1 Å². The van der Waals surface area contributed by atoms with E-state index in [1.54, 1.807) is 11.0 Å². The summed E-state index contributed by atoms with van der Waals surface area (Å²) >= 11 is 12.0. The van der Waals surface area contributed by atoms with Crippen molar-refractivity contribution in [3.63, 3.8) is 0 Å². The molecule has 0 bridgehead atoms. The quantitative estimate of drug-likeness (QED) is 0.776. The summed E-state index contributed by atoms with van der Waals surface area (Å²) in [5, 5.41) is 0.976. The molecule has 1 aliphatic rings. The van der Waals surface area contributed by atoms with Gasteiger partial charge < -0.3 is 14.4 Å². The minimum atomic E-state index is 0.464. The third-order valence-corrected chi connectivity index (χ3v) is 4.78. The van der Waals surface area contributed by atoms with Crippen molar-refractivity contribution >= 4 is 23.2 Å². The number of quaternary nitrogens is 1. The van der Waals surface area contributed by atoms with Gasteiger partial charge in [0, 0.05) is 0 Å². The van der Waals surface area contributed by atoms with Crippen molar-refractivity contribution in [2.45, 2.75) is 19.8 Å². The number of nitrogens with one attached hydrogen (secondary N) is 1. The predicted octanol–water partition coefficient (Wildman–Crippen LogP) is 2.70. The topological polar surface area (TPSA) is 22.9 Å². The number of piperidine rings is 1. The maximum atomic E-state index is 6.05. The Morgan fingerprint density at radius 2 is 1.90 bits per heavy atom. The summed E-state index contributed by atoms with van der Waals surface area (Å²) in [4.78, 5) is 1.66. The molecule has 1 heterocycles. The van der Waals surface area contributed by atoms with Crippen LogP contribution in [-0.2, 0) is 4.74 Å². The second kappa shape index (κ2) is 8.84. The lowest BCUT2D eigenvalue weighted by molar-refractivity contribution is -0.906. The van der Waals surface area contributed by atoms with Crippen molar-refractivity contribution in [3.8, 4) is 5.75 Å². The number of ether oxygens (including phenoxy) is 2. The first kappa shape index (κ1) is 16.9. The van der Waals surface area contributed by atoms with Gasteiger partial charge in [-0.15, -0.1) is 0 Å². The Morgan fingerprint density at radius 3 is 2.67 bits per heavy atom. The van der Waals surface area contributed by atoms with Crippen LogP contribution < -0.4 is 9.64 Å². The summed E-state index contributed by atoms with van der Waals surface area (Å²) in [6, 6.07) is 5.38. The number of benzene rings is 1. The number of likely N-dealkylation sites (tertiary alicyclic amines) is 1. The SMILES string of the molecule is CC1CC[NH+](CCOCCOc2cccc(Cl)c2Cl)CC1. The van der Waals surface area contributed by atoms with Crippen LogP contribution in [-0.4, -0.2) is 39.5 Å². The van der Waals surface area contributed by atoms with Crippen LogP contribution >= 0.6 is 23.2 Å². The van der Waals surface area contributed by atoms with Crippen molar-refractivity contribution in [3.05, 3.63) is 28.2 Å². The highest BCUT2D eigenvalue weighted by molar-refractivity contribution is 6.42. The summed E-state index contributed by atoms with van der Waals surface area (Å²) in [7, 11) is 0. The molecular weight excluding hydrogens is 309 g/mol. The molecule has 1 aromatic rings. The first-order chi connectivity index (χ1) is 10.2. The van der Waals surface area contributed by atoms with Crippen molar-refractivity contribution in [2.75, 3.05) is 39.5 Å². The molecule has 0 unspecified atom stereocenters. The highest BCUT2D eigenvalue weighted by Crippen LogP contribution is 2.31. The molecule has 0 saturated carbocycles. The lowest BCUT2D eigenvalue weighted by Gasteiger charge is -2.27. The minimum absolute atomic E-state index is 0.464. The van der Waals surface area contributed by atoms with E-state index < -0.39 is 0 Å². The fourth-order valence-corrected chi connectivity index (χ4v) is 2.89. The van der Waals surface area contributed by atoms with Crippen LogP contribution in [0.15, 0.2) is 18.2 Å². The van der Waals surface area contributed by atoms with Gasteiger partial charge in [0.25, 0.3) is 0 Å². The van der Waals surface area contributed by atoms with Crippen LogP contribution in [0.3, 0.4) is 0 Å². The van der Waals surface area contributed by atoms with Gasteiger partial charge in [0.05, 0.1) is 31.3 Å². The normalized spacial score (nSPS) is 22.2. The molecule has 0 atom stereocenters. The van der Waals surface area contributed by atoms with Crippen LogP contribution in [0.25, 0.3) is 0 Å². The van der Waals surface area contributed by atoms with E-state index >= 15 is 0 Å². The maximum absolute atomic E-state index is 6.05. The van der Waals surface area contributed by atoms with Gasteiger partial charge in [0.2, 0.25) is 0 Å². The summed E-state index contributed by atoms with van der Waals surface area (Å²) in [6.07, 6.45) is 2.68. The first-order valence-corrected chi connectivity index (χ1v) is 8.40. The highest BCUT2D eigenvalue weighted by Gasteiger charge is 2.18. The van der Waals surface area contributed by atoms with Gasteiger partial charge >= 0.3 is 0 Å². The zero-order valence-corrected chi connectivity index (χ0v) is 14.1. The molecule has 1 saturated heterocycles. The monoisotopic (exact) mass is 332 g/mol. The Kier molecular flexibility index (Phi) is 7.11. The Balaban J connectivity index is 1.55. The van der Waals surface area contributed by atoms with E-state index in [1.165, 1.54) is 25.9 Å². The molecule has 0 amide bonds. The average molecular weight is 333 g/mol. The molecule has 1 aromatic carbocycles. The van der Waals surface area contributed by atoms with Crippen LogP contribution in [0.2, 0.25) is 10.0 Å². The van der Waals surface area contributed by atoms with E-state index in [4.69, 9.17) is 32.7 Å². The summed E-state index contributed by atoms with van der Waals surface area (Å²) in [6.45, 7) is 7.84. The van der Waals surface area contributed by atoms with Gasteiger partial charge in [-0.25, -0.2) is 0 Å². The van der Waals surface area contributed by atoms with E-state index in [9.17, 15) is 0 Å². The molecule has 21 heavy (non-hydrogen) atoms. The highest BCUT2D eigenvalue weighted by atomic mass is 35.5.